The van der Waals surface area contributed by atoms with E-state index in [9.17, 15) is 0 Å². The molecular weight excluding hydrogens is 439 g/mol. The van der Waals surface area contributed by atoms with Gasteiger partial charge in [-0.15, -0.1) is 0 Å². The third-order valence-corrected chi connectivity index (χ3v) is 2.59. The molecule has 90 valence electrons. The molecule has 0 saturated heterocycles. The zero-order valence-corrected chi connectivity index (χ0v) is 17.3. The molecule has 1 N–H and O–H groups in total. The van der Waals surface area contributed by atoms with Crippen LogP contribution in [-0.4, -0.2) is 21.3 Å². The van der Waals surface area contributed by atoms with Crippen molar-refractivity contribution in [1.82, 2.24) is 10.4 Å². The van der Waals surface area contributed by atoms with Gasteiger partial charge < -0.3 is 0 Å². The number of aromatic nitrogens is 1. The quantitative estimate of drug-likeness (QED) is 0.323. The summed E-state index contributed by atoms with van der Waals surface area (Å²) in [6.07, 6.45) is 3.64. The Balaban J connectivity index is 0.000000770. The number of halogens is 2. The monoisotopic (exact) mass is 447 g/mol. The van der Waals surface area contributed by atoms with E-state index in [0.29, 0.717) is 4.32 Å². The van der Waals surface area contributed by atoms with E-state index in [2.05, 4.69) is 42.8 Å². The molecule has 0 radical (unpaired) electrons. The molecule has 1 aromatic rings. The van der Waals surface area contributed by atoms with Gasteiger partial charge in [-0.1, -0.05) is 30.0 Å². The van der Waals surface area contributed by atoms with Gasteiger partial charge in [0.15, 0.2) is 4.32 Å². The van der Waals surface area contributed by atoms with Crippen LogP contribution in [0.2, 0.25) is 0 Å². The second-order valence-corrected chi connectivity index (χ2v) is 18.2. The van der Waals surface area contributed by atoms with Crippen LogP contribution >= 0.6 is 51.2 Å². The zero-order chi connectivity index (χ0) is 13.1. The van der Waals surface area contributed by atoms with Crippen LogP contribution in [0, 0.1) is 0 Å². The first-order valence-corrected chi connectivity index (χ1v) is 20.1. The number of nitrogens with zero attached hydrogens (tertiary/aromatic N) is 2. The zero-order valence-electron chi connectivity index (χ0n) is 9.48. The standard InChI is InChI=1S/C9H11N3S2.2BrH.Zn/c1-7(11-12-9(13)14-2)8-5-3-4-6-10-8;;;/h3-6H,1-2H3,(H,12,13);2*1H;/q;;;+2/p-2/b11-7+;;;. The Morgan fingerprint density at radius 2 is 2.18 bits per heavy atom. The molecule has 0 aliphatic carbocycles. The van der Waals surface area contributed by atoms with Crippen LogP contribution in [0.5, 0.6) is 0 Å². The van der Waals surface area contributed by atoms with Gasteiger partial charge in [0.05, 0.1) is 11.4 Å². The van der Waals surface area contributed by atoms with Crippen LogP contribution < -0.4 is 5.43 Å². The van der Waals surface area contributed by atoms with Crippen molar-refractivity contribution in [2.45, 2.75) is 6.92 Å². The van der Waals surface area contributed by atoms with Crippen molar-refractivity contribution in [3.8, 4) is 0 Å². The fraction of sp³-hybridized carbons (Fsp3) is 0.222. The summed E-state index contributed by atoms with van der Waals surface area (Å²) in [5.74, 6) is 0. The van der Waals surface area contributed by atoms with Gasteiger partial charge in [0, 0.05) is 6.20 Å². The maximum atomic E-state index is 4.95. The molecule has 0 aromatic carbocycles. The number of hydrogen-bond acceptors (Lipinski definition) is 4. The van der Waals surface area contributed by atoms with Crippen LogP contribution in [0.1, 0.15) is 12.6 Å². The van der Waals surface area contributed by atoms with E-state index in [1.165, 1.54) is 11.8 Å². The molecule has 0 saturated carbocycles. The van der Waals surface area contributed by atoms with Crippen LogP contribution in [0.4, 0.5) is 0 Å². The minimum atomic E-state index is -0.250. The molecule has 3 nitrogen and oxygen atoms in total. The van der Waals surface area contributed by atoms with Crippen molar-refractivity contribution in [3.05, 3.63) is 30.1 Å². The van der Waals surface area contributed by atoms with Crippen molar-refractivity contribution >= 4 is 61.3 Å². The summed E-state index contributed by atoms with van der Waals surface area (Å²) >= 11 is 12.7. The SMILES string of the molecule is CSC(=S)N/N=C(\C)c1ccccn1.[Br][Zn][Br]. The fourth-order valence-corrected chi connectivity index (χ4v) is 0.992. The van der Waals surface area contributed by atoms with E-state index in [1.54, 1.807) is 6.20 Å². The molecule has 0 fully saturated rings. The molecule has 1 aromatic heterocycles. The number of thioether (sulfide) groups is 1. The van der Waals surface area contributed by atoms with E-state index >= 15 is 0 Å². The van der Waals surface area contributed by atoms with Crippen molar-refractivity contribution in [2.24, 2.45) is 5.10 Å². The van der Waals surface area contributed by atoms with Gasteiger partial charge in [-0.2, -0.15) is 5.10 Å². The Bertz CT molecular complexity index is 363. The predicted octanol–water partition coefficient (Wildman–Crippen LogP) is 3.73. The van der Waals surface area contributed by atoms with E-state index in [-0.39, 0.29) is 13.2 Å². The second-order valence-electron chi connectivity index (χ2n) is 2.62. The first-order chi connectivity index (χ1) is 8.15. The average molecular weight is 451 g/mol. The molecular formula is C9H11Br2N3S2Zn. The molecule has 0 unspecified atom stereocenters. The third kappa shape index (κ3) is 9.25. The average Bonchev–Trinajstić information content (AvgIpc) is 2.37. The topological polar surface area (TPSA) is 37.3 Å². The van der Waals surface area contributed by atoms with Gasteiger partial charge in [0.25, 0.3) is 0 Å². The summed E-state index contributed by atoms with van der Waals surface area (Å²) in [5, 5.41) is 4.11. The maximum absolute atomic E-state index is 4.95. The number of pyridine rings is 1. The molecule has 8 heteroatoms. The van der Waals surface area contributed by atoms with Gasteiger partial charge in [0.1, 0.15) is 0 Å². The first-order valence-electron chi connectivity index (χ1n) is 4.57. The molecule has 0 aliphatic heterocycles. The Kier molecular flexibility index (Phi) is 12.2. The second kappa shape index (κ2) is 11.7. The summed E-state index contributed by atoms with van der Waals surface area (Å²) in [6, 6.07) is 5.70. The Morgan fingerprint density at radius 1 is 1.53 bits per heavy atom. The fourth-order valence-electron chi connectivity index (χ4n) is 0.809. The van der Waals surface area contributed by atoms with Crippen LogP contribution in [0.15, 0.2) is 29.5 Å². The van der Waals surface area contributed by atoms with E-state index in [4.69, 9.17) is 12.2 Å². The van der Waals surface area contributed by atoms with Crippen LogP contribution in [-0.2, 0) is 13.2 Å². The molecule has 0 bridgehead atoms. The summed E-state index contributed by atoms with van der Waals surface area (Å²) < 4.78 is 0.653. The third-order valence-electron chi connectivity index (χ3n) is 1.54. The first kappa shape index (κ1) is 17.6. The molecule has 0 atom stereocenters. The summed E-state index contributed by atoms with van der Waals surface area (Å²) in [4.78, 5) is 4.16. The van der Waals surface area contributed by atoms with Crippen molar-refractivity contribution < 1.29 is 13.2 Å². The number of hydrogen-bond donors (Lipinski definition) is 1. The molecule has 0 spiro atoms. The van der Waals surface area contributed by atoms with Crippen LogP contribution in [0.3, 0.4) is 0 Å². The Labute approximate surface area is 132 Å². The van der Waals surface area contributed by atoms with Gasteiger partial charge >= 0.3 is 40.5 Å². The van der Waals surface area contributed by atoms with Gasteiger partial charge in [-0.25, -0.2) is 0 Å². The summed E-state index contributed by atoms with van der Waals surface area (Å²) in [6.45, 7) is 1.89. The minimum absolute atomic E-state index is 0.250. The van der Waals surface area contributed by atoms with E-state index in [1.807, 2.05) is 31.4 Å². The molecule has 0 amide bonds. The number of thiocarbonyl (C=S) groups is 1. The summed E-state index contributed by atoms with van der Waals surface area (Å²) in [7, 11) is 0. The van der Waals surface area contributed by atoms with Gasteiger partial charge in [0.2, 0.25) is 0 Å². The van der Waals surface area contributed by atoms with Crippen molar-refractivity contribution in [2.75, 3.05) is 6.26 Å². The molecule has 17 heavy (non-hydrogen) atoms. The van der Waals surface area contributed by atoms with Crippen molar-refractivity contribution in [3.63, 3.8) is 0 Å². The predicted molar refractivity (Wildman–Crippen MR) is 83.6 cm³/mol. The van der Waals surface area contributed by atoms with Crippen molar-refractivity contribution in [1.29, 1.82) is 0 Å². The Morgan fingerprint density at radius 3 is 2.65 bits per heavy atom. The number of nitrogens with one attached hydrogen (secondary N) is 1. The summed E-state index contributed by atoms with van der Waals surface area (Å²) in [5.41, 5.74) is 4.45. The number of hydrazone groups is 1. The normalized spacial score (nSPS) is 9.76. The molecule has 0 aliphatic rings. The Hall–Kier alpha value is 0.643. The van der Waals surface area contributed by atoms with E-state index in [0.717, 1.165) is 11.4 Å². The molecule has 1 heterocycles. The van der Waals surface area contributed by atoms with Gasteiger partial charge in [-0.05, 0) is 25.3 Å². The number of rotatable bonds is 2. The van der Waals surface area contributed by atoms with Gasteiger partial charge in [-0.3, -0.25) is 10.4 Å². The van der Waals surface area contributed by atoms with E-state index < -0.39 is 0 Å². The molecule has 1 rings (SSSR count). The van der Waals surface area contributed by atoms with Crippen LogP contribution in [0.25, 0.3) is 0 Å².